The average Bonchev–Trinajstić information content (AvgIpc) is 3.17. The fourth-order valence-corrected chi connectivity index (χ4v) is 4.30. The van der Waals surface area contributed by atoms with Crippen molar-refractivity contribution in [1.29, 1.82) is 0 Å². The molecular formula is C22H33IN4O2S. The molecule has 1 aliphatic heterocycles. The number of methoxy groups -OCH3 is 1. The summed E-state index contributed by atoms with van der Waals surface area (Å²) in [6.45, 7) is 8.06. The molecular weight excluding hydrogens is 511 g/mol. The molecule has 0 bridgehead atoms. The summed E-state index contributed by atoms with van der Waals surface area (Å²) in [5, 5.41) is 10.1. The largest absolute Gasteiger partial charge is 0.497 e. The Hall–Kier alpha value is -1.39. The van der Waals surface area contributed by atoms with Crippen molar-refractivity contribution in [3.05, 3.63) is 45.9 Å². The molecule has 2 heterocycles. The Balaban J connectivity index is 0.00000320. The van der Waals surface area contributed by atoms with Crippen molar-refractivity contribution in [2.75, 3.05) is 40.0 Å². The van der Waals surface area contributed by atoms with Crippen LogP contribution in [0.4, 0.5) is 0 Å². The third kappa shape index (κ3) is 6.81. The van der Waals surface area contributed by atoms with Crippen molar-refractivity contribution in [2.45, 2.75) is 38.5 Å². The number of guanidine groups is 1. The summed E-state index contributed by atoms with van der Waals surface area (Å²) in [6, 6.07) is 8.42. The van der Waals surface area contributed by atoms with Crippen LogP contribution in [-0.2, 0) is 16.6 Å². The van der Waals surface area contributed by atoms with Crippen molar-refractivity contribution in [1.82, 2.24) is 15.6 Å². The van der Waals surface area contributed by atoms with Crippen LogP contribution in [0.25, 0.3) is 0 Å². The number of nitrogens with zero attached hydrogens (tertiary/aromatic N) is 2. The predicted octanol–water partition coefficient (Wildman–Crippen LogP) is 3.92. The van der Waals surface area contributed by atoms with Crippen LogP contribution in [-0.4, -0.2) is 50.9 Å². The summed E-state index contributed by atoms with van der Waals surface area (Å²) in [6.07, 6.45) is 2.84. The van der Waals surface area contributed by atoms with E-state index < -0.39 is 0 Å². The topological polar surface area (TPSA) is 67.8 Å². The summed E-state index contributed by atoms with van der Waals surface area (Å²) < 4.78 is 11.0. The van der Waals surface area contributed by atoms with Gasteiger partial charge in [-0.1, -0.05) is 12.1 Å². The minimum atomic E-state index is -0.00109. The number of rotatable bonds is 8. The van der Waals surface area contributed by atoms with Crippen molar-refractivity contribution >= 4 is 41.3 Å². The molecule has 1 fully saturated rings. The number of ether oxygens (including phenoxy) is 2. The zero-order valence-electron chi connectivity index (χ0n) is 18.1. The third-order valence-electron chi connectivity index (χ3n) is 5.38. The first kappa shape index (κ1) is 24.9. The van der Waals surface area contributed by atoms with Gasteiger partial charge in [-0.15, -0.1) is 35.3 Å². The molecule has 0 atom stereocenters. The maximum atomic E-state index is 5.65. The SMILES string of the molecule is CCNC(=NCC1(c2ccc(OC)cc2)CCOCC1)NCCc1csc(C)n1.I. The first-order chi connectivity index (χ1) is 14.1. The van der Waals surface area contributed by atoms with Crippen LogP contribution in [0.2, 0.25) is 0 Å². The molecule has 3 rings (SSSR count). The molecule has 30 heavy (non-hydrogen) atoms. The van der Waals surface area contributed by atoms with Crippen LogP contribution in [0.15, 0.2) is 34.6 Å². The van der Waals surface area contributed by atoms with E-state index in [1.54, 1.807) is 18.4 Å². The molecule has 0 unspecified atom stereocenters. The highest BCUT2D eigenvalue weighted by Crippen LogP contribution is 2.36. The minimum absolute atomic E-state index is 0. The molecule has 2 aromatic rings. The van der Waals surface area contributed by atoms with E-state index >= 15 is 0 Å². The van der Waals surface area contributed by atoms with Gasteiger partial charge in [-0.05, 0) is 44.4 Å². The Morgan fingerprint density at radius 2 is 1.97 bits per heavy atom. The van der Waals surface area contributed by atoms with E-state index in [9.17, 15) is 0 Å². The van der Waals surface area contributed by atoms with E-state index in [-0.39, 0.29) is 29.4 Å². The lowest BCUT2D eigenvalue weighted by Gasteiger charge is -2.36. The molecule has 1 saturated heterocycles. The fraction of sp³-hybridized carbons (Fsp3) is 0.545. The first-order valence-electron chi connectivity index (χ1n) is 10.3. The van der Waals surface area contributed by atoms with Gasteiger partial charge in [0.25, 0.3) is 0 Å². The fourth-order valence-electron chi connectivity index (χ4n) is 3.65. The second-order valence-corrected chi connectivity index (χ2v) is 8.41. The summed E-state index contributed by atoms with van der Waals surface area (Å²) in [4.78, 5) is 9.49. The Morgan fingerprint density at radius 1 is 1.23 bits per heavy atom. The average molecular weight is 545 g/mol. The molecule has 2 N–H and O–H groups in total. The second kappa shape index (κ2) is 12.5. The molecule has 0 aliphatic carbocycles. The van der Waals surface area contributed by atoms with Crippen molar-refractivity contribution < 1.29 is 9.47 Å². The van der Waals surface area contributed by atoms with Crippen LogP contribution in [0.5, 0.6) is 5.75 Å². The Morgan fingerprint density at radius 3 is 2.57 bits per heavy atom. The number of aliphatic imine (C=N–C) groups is 1. The van der Waals surface area contributed by atoms with Gasteiger partial charge in [0.15, 0.2) is 5.96 Å². The van der Waals surface area contributed by atoms with E-state index in [2.05, 4.69) is 40.1 Å². The van der Waals surface area contributed by atoms with E-state index in [1.807, 2.05) is 19.1 Å². The molecule has 0 amide bonds. The van der Waals surface area contributed by atoms with Gasteiger partial charge in [0.1, 0.15) is 5.75 Å². The lowest BCUT2D eigenvalue weighted by molar-refractivity contribution is 0.0531. The molecule has 1 aromatic heterocycles. The highest BCUT2D eigenvalue weighted by atomic mass is 127. The number of thiazole rings is 1. The standard InChI is InChI=1S/C22H32N4O2S.HI/c1-4-23-21(24-12-9-19-15-29-17(2)26-19)25-16-22(10-13-28-14-11-22)18-5-7-20(27-3)8-6-18;/h5-8,15H,4,9-14,16H2,1-3H3,(H2,23,24,25);1H. The van der Waals surface area contributed by atoms with Gasteiger partial charge in [-0.25, -0.2) is 4.98 Å². The van der Waals surface area contributed by atoms with Gasteiger partial charge < -0.3 is 20.1 Å². The Kier molecular flexibility index (Phi) is 10.3. The van der Waals surface area contributed by atoms with Gasteiger partial charge in [0.05, 0.1) is 24.4 Å². The zero-order chi connectivity index (χ0) is 20.5. The third-order valence-corrected chi connectivity index (χ3v) is 6.20. The molecule has 1 aromatic carbocycles. The van der Waals surface area contributed by atoms with E-state index in [0.717, 1.165) is 74.5 Å². The van der Waals surface area contributed by atoms with E-state index in [1.165, 1.54) is 5.56 Å². The molecule has 6 nitrogen and oxygen atoms in total. The Labute approximate surface area is 200 Å². The van der Waals surface area contributed by atoms with Crippen LogP contribution in [0, 0.1) is 6.92 Å². The normalized spacial score (nSPS) is 15.9. The van der Waals surface area contributed by atoms with E-state index in [0.29, 0.717) is 0 Å². The van der Waals surface area contributed by atoms with Crippen molar-refractivity contribution in [3.8, 4) is 5.75 Å². The van der Waals surface area contributed by atoms with Crippen molar-refractivity contribution in [2.24, 2.45) is 4.99 Å². The number of aromatic nitrogens is 1. The van der Waals surface area contributed by atoms with Gasteiger partial charge in [-0.3, -0.25) is 4.99 Å². The summed E-state index contributed by atoms with van der Waals surface area (Å²) in [5.74, 6) is 1.74. The maximum Gasteiger partial charge on any atom is 0.191 e. The molecule has 0 radical (unpaired) electrons. The number of benzene rings is 1. The number of halogens is 1. The minimum Gasteiger partial charge on any atom is -0.497 e. The summed E-state index contributed by atoms with van der Waals surface area (Å²) in [5.41, 5.74) is 2.44. The summed E-state index contributed by atoms with van der Waals surface area (Å²) >= 11 is 1.70. The van der Waals surface area contributed by atoms with Gasteiger partial charge in [0, 0.05) is 43.5 Å². The van der Waals surface area contributed by atoms with Crippen molar-refractivity contribution in [3.63, 3.8) is 0 Å². The monoisotopic (exact) mass is 544 g/mol. The molecule has 8 heteroatoms. The lowest BCUT2D eigenvalue weighted by atomic mass is 9.74. The number of hydrogen-bond acceptors (Lipinski definition) is 5. The van der Waals surface area contributed by atoms with Crippen LogP contribution < -0.4 is 15.4 Å². The number of hydrogen-bond donors (Lipinski definition) is 2. The Bertz CT molecular complexity index is 789. The highest BCUT2D eigenvalue weighted by molar-refractivity contribution is 14.0. The predicted molar refractivity (Wildman–Crippen MR) is 135 cm³/mol. The lowest BCUT2D eigenvalue weighted by Crippen LogP contribution is -2.41. The summed E-state index contributed by atoms with van der Waals surface area (Å²) in [7, 11) is 1.70. The smallest absolute Gasteiger partial charge is 0.191 e. The van der Waals surface area contributed by atoms with Crippen LogP contribution >= 0.6 is 35.3 Å². The number of nitrogens with one attached hydrogen (secondary N) is 2. The number of aryl methyl sites for hydroxylation is 1. The second-order valence-electron chi connectivity index (χ2n) is 7.35. The molecule has 0 spiro atoms. The maximum absolute atomic E-state index is 5.65. The first-order valence-corrected chi connectivity index (χ1v) is 11.2. The van der Waals surface area contributed by atoms with Crippen LogP contribution in [0.3, 0.4) is 0 Å². The van der Waals surface area contributed by atoms with E-state index in [4.69, 9.17) is 14.5 Å². The molecule has 0 saturated carbocycles. The zero-order valence-corrected chi connectivity index (χ0v) is 21.2. The highest BCUT2D eigenvalue weighted by Gasteiger charge is 2.34. The van der Waals surface area contributed by atoms with Gasteiger partial charge in [-0.2, -0.15) is 0 Å². The van der Waals surface area contributed by atoms with Crippen LogP contribution in [0.1, 0.15) is 36.0 Å². The quantitative estimate of drug-likeness (QED) is 0.300. The van der Waals surface area contributed by atoms with Gasteiger partial charge in [0.2, 0.25) is 0 Å². The molecule has 166 valence electrons. The van der Waals surface area contributed by atoms with Gasteiger partial charge >= 0.3 is 0 Å². The molecule has 1 aliphatic rings.